The van der Waals surface area contributed by atoms with E-state index in [0.29, 0.717) is 24.9 Å². The van der Waals surface area contributed by atoms with E-state index in [-0.39, 0.29) is 0 Å². The number of nitrogens with zero attached hydrogens (tertiary/aromatic N) is 2. The number of hydrogen-bond donors (Lipinski definition) is 1. The number of ether oxygens (including phenoxy) is 1. The Kier molecular flexibility index (Phi) is 3.17. The summed E-state index contributed by atoms with van der Waals surface area (Å²) in [4.78, 5) is 15.4. The summed E-state index contributed by atoms with van der Waals surface area (Å²) >= 11 is 0. The number of amides is 1. The standard InChI is InChI=1S/C17H22N2O3/c1-22-13-7-12-10-19(17(20)21)6-5-18-9-11-3-2-4-14(11)15(8-13)16(12)18/h7-8,11,14H,2-6,9-10H2,1H3,(H,20,21). The van der Waals surface area contributed by atoms with Gasteiger partial charge in [0.2, 0.25) is 0 Å². The smallest absolute Gasteiger partial charge is 0.407 e. The van der Waals surface area contributed by atoms with E-state index in [4.69, 9.17) is 4.74 Å². The summed E-state index contributed by atoms with van der Waals surface area (Å²) in [6.45, 7) is 2.90. The van der Waals surface area contributed by atoms with E-state index in [9.17, 15) is 9.90 Å². The van der Waals surface area contributed by atoms with Gasteiger partial charge in [-0.2, -0.15) is 0 Å². The van der Waals surface area contributed by atoms with Gasteiger partial charge in [0.15, 0.2) is 0 Å². The Morgan fingerprint density at radius 2 is 2.18 bits per heavy atom. The van der Waals surface area contributed by atoms with Crippen LogP contribution in [0, 0.1) is 5.92 Å². The van der Waals surface area contributed by atoms with Crippen LogP contribution in [0.15, 0.2) is 12.1 Å². The molecule has 2 unspecified atom stereocenters. The Balaban J connectivity index is 1.84. The molecule has 1 N–H and O–H groups in total. The highest BCUT2D eigenvalue weighted by molar-refractivity contribution is 5.70. The average molecular weight is 302 g/mol. The van der Waals surface area contributed by atoms with E-state index >= 15 is 0 Å². The lowest BCUT2D eigenvalue weighted by Gasteiger charge is -2.39. The van der Waals surface area contributed by atoms with Crippen molar-refractivity contribution in [3.05, 3.63) is 23.3 Å². The molecular formula is C17H22N2O3. The zero-order chi connectivity index (χ0) is 15.3. The average Bonchev–Trinajstić information content (AvgIpc) is 2.90. The Labute approximate surface area is 130 Å². The Hall–Kier alpha value is -1.91. The van der Waals surface area contributed by atoms with E-state index in [1.54, 1.807) is 7.11 Å². The molecule has 0 saturated heterocycles. The summed E-state index contributed by atoms with van der Waals surface area (Å²) in [6.07, 6.45) is 3.00. The number of methoxy groups -OCH3 is 1. The van der Waals surface area contributed by atoms with Crippen LogP contribution in [0.5, 0.6) is 5.75 Å². The van der Waals surface area contributed by atoms with Crippen molar-refractivity contribution in [2.45, 2.75) is 31.7 Å². The molecule has 1 aromatic carbocycles. The molecule has 22 heavy (non-hydrogen) atoms. The van der Waals surface area contributed by atoms with Crippen LogP contribution in [-0.2, 0) is 6.54 Å². The Morgan fingerprint density at radius 3 is 2.95 bits per heavy atom. The first-order chi connectivity index (χ1) is 10.7. The number of hydrogen-bond acceptors (Lipinski definition) is 3. The van der Waals surface area contributed by atoms with Crippen molar-refractivity contribution in [3.8, 4) is 5.75 Å². The fourth-order valence-electron chi connectivity index (χ4n) is 4.53. The van der Waals surface area contributed by atoms with Crippen LogP contribution in [0.25, 0.3) is 0 Å². The minimum Gasteiger partial charge on any atom is -0.497 e. The van der Waals surface area contributed by atoms with Gasteiger partial charge in [-0.3, -0.25) is 0 Å². The molecule has 4 rings (SSSR count). The maximum Gasteiger partial charge on any atom is 0.407 e. The van der Waals surface area contributed by atoms with Gasteiger partial charge in [0.25, 0.3) is 0 Å². The zero-order valence-electron chi connectivity index (χ0n) is 12.9. The van der Waals surface area contributed by atoms with Crippen LogP contribution in [0.3, 0.4) is 0 Å². The molecular weight excluding hydrogens is 280 g/mol. The second-order valence-electron chi connectivity index (χ2n) is 6.67. The molecule has 2 heterocycles. The van der Waals surface area contributed by atoms with Crippen molar-refractivity contribution in [3.63, 3.8) is 0 Å². The third-order valence-corrected chi connectivity index (χ3v) is 5.53. The van der Waals surface area contributed by atoms with Crippen LogP contribution in [-0.4, -0.2) is 42.8 Å². The minimum absolute atomic E-state index is 0.461. The first kappa shape index (κ1) is 13.7. The maximum atomic E-state index is 11.4. The van der Waals surface area contributed by atoms with Crippen molar-refractivity contribution in [1.29, 1.82) is 0 Å². The molecule has 0 aromatic heterocycles. The molecule has 1 saturated carbocycles. The number of benzene rings is 1. The summed E-state index contributed by atoms with van der Waals surface area (Å²) in [5, 5.41) is 9.40. The van der Waals surface area contributed by atoms with Gasteiger partial charge in [0.1, 0.15) is 5.75 Å². The first-order valence-corrected chi connectivity index (χ1v) is 8.11. The van der Waals surface area contributed by atoms with Crippen LogP contribution < -0.4 is 9.64 Å². The molecule has 1 amide bonds. The molecule has 1 aliphatic carbocycles. The van der Waals surface area contributed by atoms with E-state index in [1.807, 2.05) is 6.07 Å². The predicted molar refractivity (Wildman–Crippen MR) is 83.7 cm³/mol. The van der Waals surface area contributed by atoms with Gasteiger partial charge in [-0.1, -0.05) is 6.42 Å². The molecule has 5 heteroatoms. The predicted octanol–water partition coefficient (Wildman–Crippen LogP) is 2.89. The first-order valence-electron chi connectivity index (χ1n) is 8.11. The SMILES string of the molecule is COc1cc2c3c(c1)C1CCCC1CN3CCN(C(=O)O)C2. The molecule has 0 spiro atoms. The Morgan fingerprint density at radius 1 is 1.32 bits per heavy atom. The van der Waals surface area contributed by atoms with Gasteiger partial charge in [0.05, 0.1) is 13.7 Å². The third kappa shape index (κ3) is 2.02. The largest absolute Gasteiger partial charge is 0.497 e. The van der Waals surface area contributed by atoms with Gasteiger partial charge < -0.3 is 19.6 Å². The van der Waals surface area contributed by atoms with Gasteiger partial charge in [-0.05, 0) is 47.9 Å². The molecule has 2 atom stereocenters. The monoisotopic (exact) mass is 302 g/mol. The Bertz CT molecular complexity index is 616. The molecule has 1 aromatic rings. The fourth-order valence-corrected chi connectivity index (χ4v) is 4.53. The third-order valence-electron chi connectivity index (χ3n) is 5.53. The van der Waals surface area contributed by atoms with Crippen LogP contribution in [0.1, 0.15) is 36.3 Å². The number of carbonyl (C=O) groups is 1. The maximum absolute atomic E-state index is 11.4. The van der Waals surface area contributed by atoms with Crippen molar-refractivity contribution in [1.82, 2.24) is 4.90 Å². The highest BCUT2D eigenvalue weighted by atomic mass is 16.5. The van der Waals surface area contributed by atoms with Crippen molar-refractivity contribution < 1.29 is 14.6 Å². The molecule has 118 valence electrons. The topological polar surface area (TPSA) is 53.0 Å². The summed E-state index contributed by atoms with van der Waals surface area (Å²) in [5.74, 6) is 2.19. The van der Waals surface area contributed by atoms with E-state index in [2.05, 4.69) is 11.0 Å². The second kappa shape index (κ2) is 5.07. The highest BCUT2D eigenvalue weighted by Crippen LogP contribution is 2.50. The van der Waals surface area contributed by atoms with Crippen LogP contribution >= 0.6 is 0 Å². The lowest BCUT2D eigenvalue weighted by molar-refractivity contribution is 0.144. The lowest BCUT2D eigenvalue weighted by atomic mass is 9.82. The van der Waals surface area contributed by atoms with Gasteiger partial charge >= 0.3 is 6.09 Å². The van der Waals surface area contributed by atoms with E-state index in [0.717, 1.165) is 24.4 Å². The molecule has 3 aliphatic rings. The van der Waals surface area contributed by atoms with E-state index in [1.165, 1.54) is 35.4 Å². The van der Waals surface area contributed by atoms with Crippen molar-refractivity contribution in [2.75, 3.05) is 31.6 Å². The summed E-state index contributed by atoms with van der Waals surface area (Å²) in [6, 6.07) is 4.20. The fraction of sp³-hybridized carbons (Fsp3) is 0.588. The minimum atomic E-state index is -0.836. The van der Waals surface area contributed by atoms with Crippen LogP contribution in [0.2, 0.25) is 0 Å². The van der Waals surface area contributed by atoms with Gasteiger partial charge in [-0.25, -0.2) is 4.79 Å². The highest BCUT2D eigenvalue weighted by Gasteiger charge is 2.39. The van der Waals surface area contributed by atoms with Gasteiger partial charge in [-0.15, -0.1) is 0 Å². The zero-order valence-corrected chi connectivity index (χ0v) is 12.9. The molecule has 0 bridgehead atoms. The van der Waals surface area contributed by atoms with Crippen molar-refractivity contribution >= 4 is 11.8 Å². The van der Waals surface area contributed by atoms with Crippen LogP contribution in [0.4, 0.5) is 10.5 Å². The molecule has 5 nitrogen and oxygen atoms in total. The number of rotatable bonds is 1. The summed E-state index contributed by atoms with van der Waals surface area (Å²) in [7, 11) is 1.69. The molecule has 0 radical (unpaired) electrons. The van der Waals surface area contributed by atoms with Crippen molar-refractivity contribution in [2.24, 2.45) is 5.92 Å². The van der Waals surface area contributed by atoms with Gasteiger partial charge in [0, 0.05) is 25.3 Å². The number of anilines is 1. The second-order valence-corrected chi connectivity index (χ2v) is 6.67. The summed E-state index contributed by atoms with van der Waals surface area (Å²) in [5.41, 5.74) is 3.77. The lowest BCUT2D eigenvalue weighted by Crippen LogP contribution is -2.39. The summed E-state index contributed by atoms with van der Waals surface area (Å²) < 4.78 is 5.48. The van der Waals surface area contributed by atoms with E-state index < -0.39 is 6.09 Å². The number of carboxylic acid groups (broad SMARTS) is 1. The normalized spacial score (nSPS) is 26.2. The number of fused-ring (bicyclic) bond motifs is 2. The molecule has 1 fully saturated rings. The molecule has 2 aliphatic heterocycles. The quantitative estimate of drug-likeness (QED) is 0.866.